The molecule has 0 saturated heterocycles. The fourth-order valence-electron chi connectivity index (χ4n) is 1.14. The van der Waals surface area contributed by atoms with Gasteiger partial charge in [0.05, 0.1) is 5.41 Å². The quantitative estimate of drug-likeness (QED) is 0.851. The molecule has 100 valence electrons. The van der Waals surface area contributed by atoms with Gasteiger partial charge in [0.15, 0.2) is 0 Å². The predicted molar refractivity (Wildman–Crippen MR) is 64.5 cm³/mol. The summed E-state index contributed by atoms with van der Waals surface area (Å²) in [5.41, 5.74) is 5.14. The van der Waals surface area contributed by atoms with E-state index in [4.69, 9.17) is 5.73 Å². The van der Waals surface area contributed by atoms with Crippen LogP contribution >= 0.6 is 0 Å². The molecule has 0 atom stereocenters. The Hall–Kier alpha value is -1.69. The molecule has 0 aliphatic carbocycles. The second-order valence-corrected chi connectivity index (χ2v) is 4.45. The first kappa shape index (κ1) is 14.4. The zero-order valence-electron chi connectivity index (χ0n) is 10.2. The van der Waals surface area contributed by atoms with Crippen LogP contribution in [0.4, 0.5) is 14.5 Å². The third-order valence-electron chi connectivity index (χ3n) is 2.44. The van der Waals surface area contributed by atoms with E-state index in [1.165, 1.54) is 18.2 Å². The van der Waals surface area contributed by atoms with E-state index in [1.807, 2.05) is 0 Å². The van der Waals surface area contributed by atoms with Crippen molar-refractivity contribution in [3.05, 3.63) is 24.3 Å². The summed E-state index contributed by atoms with van der Waals surface area (Å²) in [5, 5.41) is 2.60. The molecule has 0 aliphatic heterocycles. The Kier molecular flexibility index (Phi) is 4.61. The fourth-order valence-corrected chi connectivity index (χ4v) is 1.14. The molecular formula is C12H16F2N2O2. The van der Waals surface area contributed by atoms with E-state index in [2.05, 4.69) is 10.1 Å². The van der Waals surface area contributed by atoms with Gasteiger partial charge in [-0.2, -0.15) is 8.78 Å². The van der Waals surface area contributed by atoms with Crippen molar-refractivity contribution >= 4 is 11.6 Å². The van der Waals surface area contributed by atoms with Crippen LogP contribution in [0, 0.1) is 5.41 Å². The number of benzene rings is 1. The minimum absolute atomic E-state index is 0.00615. The normalized spacial score (nSPS) is 11.4. The van der Waals surface area contributed by atoms with Crippen LogP contribution in [0.25, 0.3) is 0 Å². The molecule has 0 heterocycles. The molecule has 0 spiro atoms. The number of hydrogen-bond acceptors (Lipinski definition) is 3. The number of ether oxygens (including phenoxy) is 1. The van der Waals surface area contributed by atoms with E-state index in [1.54, 1.807) is 19.9 Å². The van der Waals surface area contributed by atoms with E-state index in [-0.39, 0.29) is 18.2 Å². The van der Waals surface area contributed by atoms with Crippen molar-refractivity contribution in [2.45, 2.75) is 20.5 Å². The average Bonchev–Trinajstić information content (AvgIpc) is 2.28. The summed E-state index contributed by atoms with van der Waals surface area (Å²) >= 11 is 0. The molecule has 1 rings (SSSR count). The fraction of sp³-hybridized carbons (Fsp3) is 0.417. The summed E-state index contributed by atoms with van der Waals surface area (Å²) in [4.78, 5) is 11.8. The average molecular weight is 258 g/mol. The van der Waals surface area contributed by atoms with Crippen molar-refractivity contribution in [3.63, 3.8) is 0 Å². The molecule has 18 heavy (non-hydrogen) atoms. The zero-order valence-corrected chi connectivity index (χ0v) is 10.2. The van der Waals surface area contributed by atoms with Crippen molar-refractivity contribution in [1.82, 2.24) is 0 Å². The highest BCUT2D eigenvalue weighted by Crippen LogP contribution is 2.22. The van der Waals surface area contributed by atoms with Gasteiger partial charge in [-0.1, -0.05) is 6.07 Å². The highest BCUT2D eigenvalue weighted by Gasteiger charge is 2.25. The summed E-state index contributed by atoms with van der Waals surface area (Å²) in [6.45, 7) is 0.687. The van der Waals surface area contributed by atoms with Gasteiger partial charge in [0.1, 0.15) is 5.75 Å². The first-order chi connectivity index (χ1) is 8.35. The first-order valence-electron chi connectivity index (χ1n) is 5.41. The Balaban J connectivity index is 2.76. The molecule has 0 unspecified atom stereocenters. The number of nitrogens with two attached hydrogens (primary N) is 1. The molecule has 0 fully saturated rings. The summed E-state index contributed by atoms with van der Waals surface area (Å²) in [7, 11) is 0. The Bertz CT molecular complexity index is 422. The molecule has 0 bridgehead atoms. The number of rotatable bonds is 5. The van der Waals surface area contributed by atoms with E-state index in [0.29, 0.717) is 5.69 Å². The van der Waals surface area contributed by atoms with Crippen molar-refractivity contribution in [2.24, 2.45) is 11.1 Å². The first-order valence-corrected chi connectivity index (χ1v) is 5.41. The number of nitrogens with one attached hydrogen (secondary N) is 1. The number of carbonyl (C=O) groups is 1. The molecule has 3 N–H and O–H groups in total. The van der Waals surface area contributed by atoms with Crippen molar-refractivity contribution in [3.8, 4) is 5.75 Å². The second kappa shape index (κ2) is 5.77. The molecule has 0 aromatic heterocycles. The van der Waals surface area contributed by atoms with Crippen LogP contribution in [-0.4, -0.2) is 19.1 Å². The smallest absolute Gasteiger partial charge is 0.387 e. The Morgan fingerprint density at radius 1 is 1.50 bits per heavy atom. The van der Waals surface area contributed by atoms with Gasteiger partial charge in [-0.25, -0.2) is 0 Å². The lowest BCUT2D eigenvalue weighted by Gasteiger charge is -2.21. The maximum atomic E-state index is 12.0. The van der Waals surface area contributed by atoms with Gasteiger partial charge < -0.3 is 15.8 Å². The van der Waals surface area contributed by atoms with Crippen LogP contribution in [0.1, 0.15) is 13.8 Å². The maximum Gasteiger partial charge on any atom is 0.387 e. The monoisotopic (exact) mass is 258 g/mol. The molecular weight excluding hydrogens is 242 g/mol. The van der Waals surface area contributed by atoms with Crippen LogP contribution in [-0.2, 0) is 4.79 Å². The van der Waals surface area contributed by atoms with Gasteiger partial charge >= 0.3 is 6.61 Å². The Labute approximate surface area is 104 Å². The van der Waals surface area contributed by atoms with Crippen LogP contribution in [0.5, 0.6) is 5.75 Å². The third kappa shape index (κ3) is 3.96. The second-order valence-electron chi connectivity index (χ2n) is 4.45. The lowest BCUT2D eigenvalue weighted by atomic mass is 9.92. The molecule has 4 nitrogen and oxygen atoms in total. The molecule has 1 aromatic rings. The lowest BCUT2D eigenvalue weighted by Crippen LogP contribution is -2.37. The van der Waals surface area contributed by atoms with Gasteiger partial charge in [-0.15, -0.1) is 0 Å². The number of hydrogen-bond donors (Lipinski definition) is 2. The standard InChI is InChI=1S/C12H16F2N2O2/c1-12(2,7-15)10(17)16-8-4-3-5-9(6-8)18-11(13)14/h3-6,11H,7,15H2,1-2H3,(H,16,17). The number of halogens is 2. The molecule has 6 heteroatoms. The largest absolute Gasteiger partial charge is 0.435 e. The molecule has 1 amide bonds. The minimum Gasteiger partial charge on any atom is -0.435 e. The summed E-state index contributed by atoms with van der Waals surface area (Å²) in [6, 6.07) is 5.82. The lowest BCUT2D eigenvalue weighted by molar-refractivity contribution is -0.123. The molecule has 0 saturated carbocycles. The van der Waals surface area contributed by atoms with Crippen molar-refractivity contribution < 1.29 is 18.3 Å². The van der Waals surface area contributed by atoms with Gasteiger partial charge in [0.25, 0.3) is 0 Å². The number of alkyl halides is 2. The topological polar surface area (TPSA) is 64.4 Å². The Morgan fingerprint density at radius 3 is 2.72 bits per heavy atom. The van der Waals surface area contributed by atoms with Crippen molar-refractivity contribution in [2.75, 3.05) is 11.9 Å². The SMILES string of the molecule is CC(C)(CN)C(=O)Nc1cccc(OC(F)F)c1. The van der Waals surface area contributed by atoms with E-state index in [9.17, 15) is 13.6 Å². The summed E-state index contributed by atoms with van der Waals surface area (Å²) < 4.78 is 28.3. The van der Waals surface area contributed by atoms with Gasteiger partial charge in [-0.3, -0.25) is 4.79 Å². The number of anilines is 1. The molecule has 0 aliphatic rings. The predicted octanol–water partition coefficient (Wildman–Crippen LogP) is 2.21. The highest BCUT2D eigenvalue weighted by molar-refractivity contribution is 5.95. The van der Waals surface area contributed by atoms with Crippen LogP contribution in [0.3, 0.4) is 0 Å². The van der Waals surface area contributed by atoms with Crippen LogP contribution in [0.15, 0.2) is 24.3 Å². The van der Waals surface area contributed by atoms with Gasteiger partial charge in [-0.05, 0) is 26.0 Å². The Morgan fingerprint density at radius 2 is 2.17 bits per heavy atom. The van der Waals surface area contributed by atoms with E-state index < -0.39 is 12.0 Å². The summed E-state index contributed by atoms with van der Waals surface area (Å²) in [6.07, 6.45) is 0. The van der Waals surface area contributed by atoms with Crippen molar-refractivity contribution in [1.29, 1.82) is 0 Å². The zero-order chi connectivity index (χ0) is 13.8. The third-order valence-corrected chi connectivity index (χ3v) is 2.44. The van der Waals surface area contributed by atoms with Crippen LogP contribution in [0.2, 0.25) is 0 Å². The van der Waals surface area contributed by atoms with Gasteiger partial charge in [0.2, 0.25) is 5.91 Å². The van der Waals surface area contributed by atoms with E-state index in [0.717, 1.165) is 0 Å². The summed E-state index contributed by atoms with van der Waals surface area (Å²) in [5.74, 6) is -0.285. The minimum atomic E-state index is -2.89. The molecule has 0 radical (unpaired) electrons. The highest BCUT2D eigenvalue weighted by atomic mass is 19.3. The number of amides is 1. The molecule has 1 aromatic carbocycles. The maximum absolute atomic E-state index is 12.0. The van der Waals surface area contributed by atoms with Gasteiger partial charge in [0, 0.05) is 18.3 Å². The van der Waals surface area contributed by atoms with Crippen LogP contribution < -0.4 is 15.8 Å². The number of carbonyl (C=O) groups excluding carboxylic acids is 1. The van der Waals surface area contributed by atoms with E-state index >= 15 is 0 Å².